The summed E-state index contributed by atoms with van der Waals surface area (Å²) in [7, 11) is 0. The average molecular weight is 511 g/mol. The van der Waals surface area contributed by atoms with Gasteiger partial charge in [0.2, 0.25) is 0 Å². The van der Waals surface area contributed by atoms with Crippen molar-refractivity contribution in [2.45, 2.75) is 104 Å². The molecule has 0 heterocycles. The standard InChI is InChI=1S/C36H46O2/c1-4-6-8-10-31-20-22-33(24-35(31)37)29-16-12-27(13-17-29)26(3)28-14-18-30(19-15-28)34-23-21-32(36(38)25-34)11-9-7-5-2/h12-19,24-26,31-32H,4-11,20-23H2,1-3H3. The van der Waals surface area contributed by atoms with Crippen molar-refractivity contribution in [1.29, 1.82) is 0 Å². The molecule has 2 aliphatic carbocycles. The minimum atomic E-state index is 0.224. The van der Waals surface area contributed by atoms with Crippen LogP contribution in [0.1, 0.15) is 126 Å². The molecule has 0 bridgehead atoms. The van der Waals surface area contributed by atoms with Crippen LogP contribution in [0.5, 0.6) is 0 Å². The second-order valence-corrected chi connectivity index (χ2v) is 11.6. The van der Waals surface area contributed by atoms with E-state index in [9.17, 15) is 9.59 Å². The smallest absolute Gasteiger partial charge is 0.159 e. The Hall–Kier alpha value is -2.74. The van der Waals surface area contributed by atoms with E-state index < -0.39 is 0 Å². The van der Waals surface area contributed by atoms with Gasteiger partial charge in [-0.3, -0.25) is 9.59 Å². The molecule has 2 heteroatoms. The van der Waals surface area contributed by atoms with E-state index in [1.807, 2.05) is 12.2 Å². The lowest BCUT2D eigenvalue weighted by Gasteiger charge is -2.22. The van der Waals surface area contributed by atoms with E-state index in [-0.39, 0.29) is 17.8 Å². The van der Waals surface area contributed by atoms with Gasteiger partial charge in [0.05, 0.1) is 0 Å². The molecule has 0 spiro atoms. The lowest BCUT2D eigenvalue weighted by atomic mass is 9.82. The third-order valence-corrected chi connectivity index (χ3v) is 8.84. The van der Waals surface area contributed by atoms with Gasteiger partial charge >= 0.3 is 0 Å². The fraction of sp³-hybridized carbons (Fsp3) is 0.500. The first-order valence-electron chi connectivity index (χ1n) is 15.2. The van der Waals surface area contributed by atoms with Gasteiger partial charge in [-0.25, -0.2) is 0 Å². The fourth-order valence-corrected chi connectivity index (χ4v) is 6.14. The summed E-state index contributed by atoms with van der Waals surface area (Å²) in [6.07, 6.45) is 17.1. The Morgan fingerprint density at radius 3 is 1.37 bits per heavy atom. The quantitative estimate of drug-likeness (QED) is 0.266. The number of carbonyl (C=O) groups is 2. The molecule has 0 saturated heterocycles. The maximum absolute atomic E-state index is 12.7. The molecular formula is C36H46O2. The largest absolute Gasteiger partial charge is 0.295 e. The van der Waals surface area contributed by atoms with Crippen LogP contribution in [0.3, 0.4) is 0 Å². The van der Waals surface area contributed by atoms with Gasteiger partial charge in [0.15, 0.2) is 11.6 Å². The average Bonchev–Trinajstić information content (AvgIpc) is 2.95. The topological polar surface area (TPSA) is 34.1 Å². The molecular weight excluding hydrogens is 464 g/mol. The Labute approximate surface area is 230 Å². The molecule has 0 N–H and O–H groups in total. The summed E-state index contributed by atoms with van der Waals surface area (Å²) >= 11 is 0. The second kappa shape index (κ2) is 13.9. The molecule has 202 valence electrons. The minimum Gasteiger partial charge on any atom is -0.295 e. The van der Waals surface area contributed by atoms with Crippen LogP contribution in [-0.2, 0) is 9.59 Å². The zero-order valence-corrected chi connectivity index (χ0v) is 23.8. The third kappa shape index (κ3) is 7.22. The molecule has 4 rings (SSSR count). The molecule has 0 radical (unpaired) electrons. The van der Waals surface area contributed by atoms with Gasteiger partial charge in [-0.15, -0.1) is 0 Å². The number of hydrogen-bond acceptors (Lipinski definition) is 2. The van der Waals surface area contributed by atoms with E-state index in [4.69, 9.17) is 0 Å². The van der Waals surface area contributed by atoms with Crippen LogP contribution < -0.4 is 0 Å². The van der Waals surface area contributed by atoms with E-state index in [1.54, 1.807) is 0 Å². The van der Waals surface area contributed by atoms with Gasteiger partial charge in [-0.05, 0) is 84.1 Å². The molecule has 2 aliphatic rings. The predicted molar refractivity (Wildman–Crippen MR) is 160 cm³/mol. The Morgan fingerprint density at radius 2 is 1.03 bits per heavy atom. The summed E-state index contributed by atoms with van der Waals surface area (Å²) in [6, 6.07) is 17.6. The minimum absolute atomic E-state index is 0.224. The molecule has 0 amide bonds. The number of hydrogen-bond donors (Lipinski definition) is 0. The Balaban J connectivity index is 1.36. The highest BCUT2D eigenvalue weighted by Gasteiger charge is 2.24. The van der Waals surface area contributed by atoms with Crippen LogP contribution in [0.2, 0.25) is 0 Å². The lowest BCUT2D eigenvalue weighted by molar-refractivity contribution is -0.119. The molecule has 0 fully saturated rings. The second-order valence-electron chi connectivity index (χ2n) is 11.6. The summed E-state index contributed by atoms with van der Waals surface area (Å²) in [5, 5.41) is 0. The molecule has 2 aromatic carbocycles. The van der Waals surface area contributed by atoms with Crippen molar-refractivity contribution in [2.75, 3.05) is 0 Å². The van der Waals surface area contributed by atoms with Gasteiger partial charge in [-0.1, -0.05) is 108 Å². The van der Waals surface area contributed by atoms with Crippen molar-refractivity contribution < 1.29 is 9.59 Å². The van der Waals surface area contributed by atoms with E-state index in [0.717, 1.165) is 38.5 Å². The third-order valence-electron chi connectivity index (χ3n) is 8.84. The van der Waals surface area contributed by atoms with Crippen LogP contribution >= 0.6 is 0 Å². The Bertz CT molecular complexity index is 1040. The first kappa shape index (κ1) is 28.3. The monoisotopic (exact) mass is 510 g/mol. The summed E-state index contributed by atoms with van der Waals surface area (Å²) in [6.45, 7) is 6.67. The van der Waals surface area contributed by atoms with Gasteiger partial charge < -0.3 is 0 Å². The van der Waals surface area contributed by atoms with E-state index in [1.165, 1.54) is 71.9 Å². The number of rotatable bonds is 12. The van der Waals surface area contributed by atoms with Gasteiger partial charge in [-0.2, -0.15) is 0 Å². The maximum Gasteiger partial charge on any atom is 0.159 e. The van der Waals surface area contributed by atoms with E-state index in [2.05, 4.69) is 69.3 Å². The van der Waals surface area contributed by atoms with Crippen LogP contribution in [-0.4, -0.2) is 11.6 Å². The zero-order chi connectivity index (χ0) is 26.9. The fourth-order valence-electron chi connectivity index (χ4n) is 6.14. The highest BCUT2D eigenvalue weighted by Crippen LogP contribution is 2.34. The SMILES string of the molecule is CCCCCC1CCC(c2ccc(C(C)c3ccc(C4=CC(=O)C(CCCCC)CC4)cc3)cc2)=CC1=O. The summed E-state index contributed by atoms with van der Waals surface area (Å²) in [5.41, 5.74) is 7.30. The first-order valence-corrected chi connectivity index (χ1v) is 15.2. The molecule has 2 nitrogen and oxygen atoms in total. The van der Waals surface area contributed by atoms with Gasteiger partial charge in [0.25, 0.3) is 0 Å². The van der Waals surface area contributed by atoms with Crippen molar-refractivity contribution in [1.82, 2.24) is 0 Å². The van der Waals surface area contributed by atoms with E-state index >= 15 is 0 Å². The van der Waals surface area contributed by atoms with Crippen LogP contribution in [0.25, 0.3) is 11.1 Å². The molecule has 0 saturated carbocycles. The van der Waals surface area contributed by atoms with Crippen molar-refractivity contribution >= 4 is 22.7 Å². The number of carbonyl (C=O) groups excluding carboxylic acids is 2. The van der Waals surface area contributed by atoms with Crippen molar-refractivity contribution in [3.05, 3.63) is 82.9 Å². The summed E-state index contributed by atoms with van der Waals surface area (Å²) < 4.78 is 0. The Kier molecular flexibility index (Phi) is 10.3. The van der Waals surface area contributed by atoms with Gasteiger partial charge in [0.1, 0.15) is 0 Å². The first-order chi connectivity index (χ1) is 18.5. The molecule has 38 heavy (non-hydrogen) atoms. The molecule has 2 unspecified atom stereocenters. The number of unbranched alkanes of at least 4 members (excludes halogenated alkanes) is 4. The molecule has 2 aromatic rings. The molecule has 0 aliphatic heterocycles. The predicted octanol–water partition coefficient (Wildman–Crippen LogP) is 9.72. The Morgan fingerprint density at radius 1 is 0.632 bits per heavy atom. The van der Waals surface area contributed by atoms with Crippen LogP contribution in [0, 0.1) is 11.8 Å². The summed E-state index contributed by atoms with van der Waals surface area (Å²) in [5.74, 6) is 1.38. The zero-order valence-electron chi connectivity index (χ0n) is 23.8. The number of benzene rings is 2. The van der Waals surface area contributed by atoms with Crippen molar-refractivity contribution in [2.24, 2.45) is 11.8 Å². The highest BCUT2D eigenvalue weighted by atomic mass is 16.1. The summed E-state index contributed by atoms with van der Waals surface area (Å²) in [4.78, 5) is 25.3. The lowest BCUT2D eigenvalue weighted by Crippen LogP contribution is -2.17. The van der Waals surface area contributed by atoms with E-state index in [0.29, 0.717) is 11.6 Å². The molecule has 0 aromatic heterocycles. The highest BCUT2D eigenvalue weighted by molar-refractivity contribution is 6.00. The number of ketones is 2. The van der Waals surface area contributed by atoms with Crippen molar-refractivity contribution in [3.63, 3.8) is 0 Å². The van der Waals surface area contributed by atoms with Gasteiger partial charge in [0, 0.05) is 17.8 Å². The molecule has 2 atom stereocenters. The van der Waals surface area contributed by atoms with Crippen molar-refractivity contribution in [3.8, 4) is 0 Å². The van der Waals surface area contributed by atoms with Crippen LogP contribution in [0.15, 0.2) is 60.7 Å². The number of allylic oxidation sites excluding steroid dienone is 4. The van der Waals surface area contributed by atoms with Crippen LogP contribution in [0.4, 0.5) is 0 Å². The maximum atomic E-state index is 12.7. The normalized spacial score (nSPS) is 20.7.